The predicted molar refractivity (Wildman–Crippen MR) is 84.5 cm³/mol. The highest BCUT2D eigenvalue weighted by Gasteiger charge is 2.11. The molecule has 0 aliphatic rings. The molecule has 0 aliphatic carbocycles. The van der Waals surface area contributed by atoms with E-state index in [2.05, 4.69) is 20.6 Å². The minimum Gasteiger partial charge on any atom is -0.368 e. The Morgan fingerprint density at radius 2 is 2.05 bits per heavy atom. The molecule has 2 heterocycles. The van der Waals surface area contributed by atoms with Gasteiger partial charge in [-0.15, -0.1) is 11.3 Å². The van der Waals surface area contributed by atoms with Crippen LogP contribution in [0.4, 0.5) is 11.8 Å². The van der Waals surface area contributed by atoms with Gasteiger partial charge < -0.3 is 10.6 Å². The third kappa shape index (κ3) is 3.80. The molecule has 110 valence electrons. The molecule has 0 aliphatic heterocycles. The van der Waals surface area contributed by atoms with Crippen molar-refractivity contribution in [3.05, 3.63) is 10.9 Å². The molecule has 0 amide bonds. The zero-order valence-electron chi connectivity index (χ0n) is 11.7. The van der Waals surface area contributed by atoms with Crippen molar-refractivity contribution in [3.8, 4) is 0 Å². The fourth-order valence-electron chi connectivity index (χ4n) is 1.77. The summed E-state index contributed by atoms with van der Waals surface area (Å²) in [5, 5.41) is 7.11. The number of aryl methyl sites for hydroxylation is 1. The van der Waals surface area contributed by atoms with Crippen molar-refractivity contribution in [3.63, 3.8) is 0 Å². The first-order valence-electron chi connectivity index (χ1n) is 6.32. The van der Waals surface area contributed by atoms with Crippen LogP contribution in [0.15, 0.2) is 6.07 Å². The molecule has 0 spiro atoms. The molecule has 2 N–H and O–H groups in total. The van der Waals surface area contributed by atoms with Gasteiger partial charge in [0.05, 0.1) is 11.1 Å². The van der Waals surface area contributed by atoms with E-state index < -0.39 is 9.84 Å². The Morgan fingerprint density at radius 3 is 2.70 bits per heavy atom. The fourth-order valence-corrected chi connectivity index (χ4v) is 3.12. The predicted octanol–water partition coefficient (Wildman–Crippen LogP) is 1.89. The van der Waals surface area contributed by atoms with Crippen LogP contribution in [0.3, 0.4) is 0 Å². The van der Waals surface area contributed by atoms with Gasteiger partial charge in [0.1, 0.15) is 20.5 Å². The second-order valence-electron chi connectivity index (χ2n) is 4.56. The van der Waals surface area contributed by atoms with Gasteiger partial charge in [0.2, 0.25) is 5.95 Å². The minimum atomic E-state index is -2.98. The normalized spacial score (nSPS) is 11.8. The molecule has 0 saturated carbocycles. The number of rotatable bonds is 6. The standard InChI is InChI=1S/C12H18N4O2S2/c1-4-13-12-15-10(14-5-6-20(3,17)18)9-7-8(2)19-11(9)16-12/h7H,4-6H2,1-3H3,(H2,13,14,15,16). The van der Waals surface area contributed by atoms with E-state index >= 15 is 0 Å². The average molecular weight is 314 g/mol. The van der Waals surface area contributed by atoms with Gasteiger partial charge in [-0.3, -0.25) is 0 Å². The molecule has 0 aromatic carbocycles. The maximum atomic E-state index is 11.2. The molecular weight excluding hydrogens is 296 g/mol. The second kappa shape index (κ2) is 5.92. The SMILES string of the molecule is CCNc1nc(NCCS(C)(=O)=O)c2cc(C)sc2n1. The number of aromatic nitrogens is 2. The molecule has 20 heavy (non-hydrogen) atoms. The Balaban J connectivity index is 2.29. The largest absolute Gasteiger partial charge is 0.368 e. The van der Waals surface area contributed by atoms with Gasteiger partial charge in [0, 0.05) is 24.2 Å². The molecule has 2 rings (SSSR count). The summed E-state index contributed by atoms with van der Waals surface area (Å²) < 4.78 is 22.4. The minimum absolute atomic E-state index is 0.0815. The zero-order chi connectivity index (χ0) is 14.8. The van der Waals surface area contributed by atoms with Crippen molar-refractivity contribution < 1.29 is 8.42 Å². The van der Waals surface area contributed by atoms with E-state index in [1.165, 1.54) is 6.26 Å². The zero-order valence-corrected chi connectivity index (χ0v) is 13.4. The lowest BCUT2D eigenvalue weighted by atomic mass is 10.3. The van der Waals surface area contributed by atoms with E-state index in [0.29, 0.717) is 18.3 Å². The first-order chi connectivity index (χ1) is 9.39. The van der Waals surface area contributed by atoms with Crippen LogP contribution in [0.25, 0.3) is 10.2 Å². The highest BCUT2D eigenvalue weighted by Crippen LogP contribution is 2.29. The van der Waals surface area contributed by atoms with Crippen molar-refractivity contribution in [2.45, 2.75) is 13.8 Å². The van der Waals surface area contributed by atoms with Gasteiger partial charge in [0.25, 0.3) is 0 Å². The van der Waals surface area contributed by atoms with Gasteiger partial charge in [-0.05, 0) is 19.9 Å². The summed E-state index contributed by atoms with van der Waals surface area (Å²) >= 11 is 1.60. The molecule has 0 fully saturated rings. The molecule has 2 aromatic heterocycles. The lowest BCUT2D eigenvalue weighted by Gasteiger charge is -2.08. The number of hydrogen-bond acceptors (Lipinski definition) is 7. The first kappa shape index (κ1) is 15.0. The van der Waals surface area contributed by atoms with Crippen LogP contribution < -0.4 is 10.6 Å². The van der Waals surface area contributed by atoms with Crippen LogP contribution >= 0.6 is 11.3 Å². The van der Waals surface area contributed by atoms with Crippen LogP contribution in [-0.4, -0.2) is 43.5 Å². The average Bonchev–Trinajstić information content (AvgIpc) is 2.68. The maximum absolute atomic E-state index is 11.2. The maximum Gasteiger partial charge on any atom is 0.226 e. The number of thiophene rings is 1. The summed E-state index contributed by atoms with van der Waals surface area (Å²) in [5.74, 6) is 1.32. The first-order valence-corrected chi connectivity index (χ1v) is 9.20. The fraction of sp³-hybridized carbons (Fsp3) is 0.500. The number of hydrogen-bond donors (Lipinski definition) is 2. The Morgan fingerprint density at radius 1 is 1.30 bits per heavy atom. The van der Waals surface area contributed by atoms with E-state index in [1.807, 2.05) is 19.9 Å². The summed E-state index contributed by atoms with van der Waals surface area (Å²) in [6, 6.07) is 2.01. The smallest absolute Gasteiger partial charge is 0.226 e. The molecular formula is C12H18N4O2S2. The van der Waals surface area contributed by atoms with Crippen molar-refractivity contribution in [1.29, 1.82) is 0 Å². The van der Waals surface area contributed by atoms with E-state index in [9.17, 15) is 8.42 Å². The van der Waals surface area contributed by atoms with Crippen molar-refractivity contribution in [2.24, 2.45) is 0 Å². The van der Waals surface area contributed by atoms with Crippen LogP contribution in [0.5, 0.6) is 0 Å². The molecule has 0 bridgehead atoms. The molecule has 0 saturated heterocycles. The van der Waals surface area contributed by atoms with Crippen LogP contribution in [-0.2, 0) is 9.84 Å². The molecule has 0 unspecified atom stereocenters. The van der Waals surface area contributed by atoms with E-state index in [4.69, 9.17) is 0 Å². The third-order valence-electron chi connectivity index (χ3n) is 2.62. The summed E-state index contributed by atoms with van der Waals surface area (Å²) in [5.41, 5.74) is 0. The van der Waals surface area contributed by atoms with Crippen LogP contribution in [0.1, 0.15) is 11.8 Å². The number of nitrogens with one attached hydrogen (secondary N) is 2. The quantitative estimate of drug-likeness (QED) is 0.847. The number of sulfone groups is 1. The molecule has 0 radical (unpaired) electrons. The third-order valence-corrected chi connectivity index (χ3v) is 4.51. The van der Waals surface area contributed by atoms with Gasteiger partial charge in [0.15, 0.2) is 0 Å². The summed E-state index contributed by atoms with van der Waals surface area (Å²) in [4.78, 5) is 10.9. The van der Waals surface area contributed by atoms with E-state index in [1.54, 1.807) is 11.3 Å². The highest BCUT2D eigenvalue weighted by molar-refractivity contribution is 7.90. The van der Waals surface area contributed by atoms with Crippen LogP contribution in [0, 0.1) is 6.92 Å². The highest BCUT2D eigenvalue weighted by atomic mass is 32.2. The summed E-state index contributed by atoms with van der Waals surface area (Å²) in [6.45, 7) is 5.06. The van der Waals surface area contributed by atoms with Gasteiger partial charge in [-0.2, -0.15) is 4.98 Å². The topological polar surface area (TPSA) is 84.0 Å². The van der Waals surface area contributed by atoms with E-state index in [0.717, 1.165) is 21.6 Å². The number of nitrogens with zero attached hydrogens (tertiary/aromatic N) is 2. The molecule has 0 atom stereocenters. The Labute approximate surface area is 122 Å². The molecule has 8 heteroatoms. The van der Waals surface area contributed by atoms with Gasteiger partial charge >= 0.3 is 0 Å². The van der Waals surface area contributed by atoms with Gasteiger partial charge in [-0.25, -0.2) is 13.4 Å². The monoisotopic (exact) mass is 314 g/mol. The van der Waals surface area contributed by atoms with Gasteiger partial charge in [-0.1, -0.05) is 0 Å². The lowest BCUT2D eigenvalue weighted by molar-refractivity contribution is 0.602. The molecule has 2 aromatic rings. The van der Waals surface area contributed by atoms with E-state index in [-0.39, 0.29) is 5.75 Å². The summed E-state index contributed by atoms with van der Waals surface area (Å²) in [7, 11) is -2.98. The van der Waals surface area contributed by atoms with Crippen LogP contribution in [0.2, 0.25) is 0 Å². The summed E-state index contributed by atoms with van der Waals surface area (Å²) in [6.07, 6.45) is 1.23. The van der Waals surface area contributed by atoms with Crippen molar-refractivity contribution >= 4 is 43.2 Å². The number of fused-ring (bicyclic) bond motifs is 1. The lowest BCUT2D eigenvalue weighted by Crippen LogP contribution is -2.15. The Kier molecular flexibility index (Phi) is 4.44. The molecule has 6 nitrogen and oxygen atoms in total. The second-order valence-corrected chi connectivity index (χ2v) is 8.05. The number of anilines is 2. The Bertz CT molecular complexity index is 710. The van der Waals surface area contributed by atoms with Crippen molar-refractivity contribution in [2.75, 3.05) is 35.7 Å². The Hall–Kier alpha value is -1.41. The van der Waals surface area contributed by atoms with Crippen molar-refractivity contribution in [1.82, 2.24) is 9.97 Å².